The van der Waals surface area contributed by atoms with Crippen LogP contribution < -0.4 is 4.72 Å². The lowest BCUT2D eigenvalue weighted by atomic mass is 10.2. The lowest BCUT2D eigenvalue weighted by Crippen LogP contribution is -2.29. The van der Waals surface area contributed by atoms with Crippen LogP contribution in [0.25, 0.3) is 0 Å². The van der Waals surface area contributed by atoms with Crippen molar-refractivity contribution < 1.29 is 17.9 Å². The standard InChI is InChI=1S/C16H17NO4S2/c1-21-16(18)12-6-8-13(9-7-12)23(19,20)17-15(11-4-5-11)14-3-2-10-22-14/h2-3,6-11,15,17H,4-5H2,1H3/t15-/m1/s1. The van der Waals surface area contributed by atoms with E-state index in [-0.39, 0.29) is 10.9 Å². The first-order valence-corrected chi connectivity index (χ1v) is 9.61. The van der Waals surface area contributed by atoms with E-state index < -0.39 is 16.0 Å². The monoisotopic (exact) mass is 351 g/mol. The average molecular weight is 351 g/mol. The molecule has 0 aliphatic heterocycles. The first-order chi connectivity index (χ1) is 11.0. The molecule has 1 N–H and O–H groups in total. The third-order valence-corrected chi connectivity index (χ3v) is 6.22. The van der Waals surface area contributed by atoms with Gasteiger partial charge in [-0.05, 0) is 54.5 Å². The molecule has 3 rings (SSSR count). The van der Waals surface area contributed by atoms with Gasteiger partial charge in [0.1, 0.15) is 0 Å². The fraction of sp³-hybridized carbons (Fsp3) is 0.312. The Bertz CT molecular complexity index is 778. The highest BCUT2D eigenvalue weighted by Crippen LogP contribution is 2.43. The summed E-state index contributed by atoms with van der Waals surface area (Å²) < 4.78 is 32.6. The van der Waals surface area contributed by atoms with Crippen molar-refractivity contribution in [3.05, 3.63) is 52.2 Å². The molecule has 1 aliphatic rings. The number of sulfonamides is 1. The topological polar surface area (TPSA) is 72.5 Å². The lowest BCUT2D eigenvalue weighted by molar-refractivity contribution is 0.0600. The third kappa shape index (κ3) is 3.63. The minimum atomic E-state index is -3.64. The van der Waals surface area contributed by atoms with Crippen molar-refractivity contribution in [2.24, 2.45) is 5.92 Å². The molecule has 1 heterocycles. The average Bonchev–Trinajstić information content (AvgIpc) is 3.26. The summed E-state index contributed by atoms with van der Waals surface area (Å²) in [5.41, 5.74) is 0.323. The summed E-state index contributed by atoms with van der Waals surface area (Å²) in [6.45, 7) is 0. The quantitative estimate of drug-likeness (QED) is 0.812. The predicted octanol–water partition coefficient (Wildman–Crippen LogP) is 2.96. The molecular weight excluding hydrogens is 334 g/mol. The van der Waals surface area contributed by atoms with Gasteiger partial charge in [0.25, 0.3) is 0 Å². The van der Waals surface area contributed by atoms with E-state index in [1.807, 2.05) is 17.5 Å². The number of methoxy groups -OCH3 is 1. The van der Waals surface area contributed by atoms with Crippen LogP contribution in [0.3, 0.4) is 0 Å². The first kappa shape index (κ1) is 16.2. The number of hydrogen-bond donors (Lipinski definition) is 1. The van der Waals surface area contributed by atoms with Gasteiger partial charge < -0.3 is 4.74 Å². The van der Waals surface area contributed by atoms with Gasteiger partial charge in [-0.2, -0.15) is 0 Å². The van der Waals surface area contributed by atoms with E-state index >= 15 is 0 Å². The van der Waals surface area contributed by atoms with Crippen molar-refractivity contribution in [2.75, 3.05) is 7.11 Å². The Hall–Kier alpha value is -1.70. The Kier molecular flexibility index (Phi) is 4.52. The van der Waals surface area contributed by atoms with Crippen molar-refractivity contribution in [2.45, 2.75) is 23.8 Å². The molecule has 1 saturated carbocycles. The minimum absolute atomic E-state index is 0.146. The summed E-state index contributed by atoms with van der Waals surface area (Å²) in [4.78, 5) is 12.6. The molecule has 1 fully saturated rings. The van der Waals surface area contributed by atoms with Crippen molar-refractivity contribution in [3.8, 4) is 0 Å². The molecule has 122 valence electrons. The summed E-state index contributed by atoms with van der Waals surface area (Å²) in [6, 6.07) is 9.46. The van der Waals surface area contributed by atoms with E-state index in [0.717, 1.165) is 17.7 Å². The molecule has 1 aromatic heterocycles. The van der Waals surface area contributed by atoms with Gasteiger partial charge in [-0.25, -0.2) is 17.9 Å². The zero-order valence-electron chi connectivity index (χ0n) is 12.6. The second-order valence-electron chi connectivity index (χ2n) is 5.47. The first-order valence-electron chi connectivity index (χ1n) is 7.25. The van der Waals surface area contributed by atoms with E-state index in [9.17, 15) is 13.2 Å². The van der Waals surface area contributed by atoms with Crippen LogP contribution >= 0.6 is 11.3 Å². The maximum atomic E-state index is 12.6. The van der Waals surface area contributed by atoms with E-state index in [1.54, 1.807) is 11.3 Å². The Morgan fingerprint density at radius 3 is 2.48 bits per heavy atom. The highest BCUT2D eigenvalue weighted by molar-refractivity contribution is 7.89. The number of thiophene rings is 1. The van der Waals surface area contributed by atoms with Crippen molar-refractivity contribution in [1.82, 2.24) is 4.72 Å². The van der Waals surface area contributed by atoms with Crippen LogP contribution in [0.2, 0.25) is 0 Å². The maximum absolute atomic E-state index is 12.6. The summed E-state index contributed by atoms with van der Waals surface area (Å²) in [6.07, 6.45) is 2.07. The largest absolute Gasteiger partial charge is 0.465 e. The minimum Gasteiger partial charge on any atom is -0.465 e. The number of rotatable bonds is 6. The van der Waals surface area contributed by atoms with Gasteiger partial charge in [0, 0.05) is 4.88 Å². The van der Waals surface area contributed by atoms with E-state index in [0.29, 0.717) is 11.5 Å². The molecule has 2 aromatic rings. The van der Waals surface area contributed by atoms with Gasteiger partial charge in [-0.15, -0.1) is 11.3 Å². The molecule has 0 bridgehead atoms. The van der Waals surface area contributed by atoms with E-state index in [1.165, 1.54) is 31.4 Å². The zero-order chi connectivity index (χ0) is 16.4. The van der Waals surface area contributed by atoms with Gasteiger partial charge >= 0.3 is 5.97 Å². The smallest absolute Gasteiger partial charge is 0.337 e. The molecule has 0 saturated heterocycles. The molecule has 23 heavy (non-hydrogen) atoms. The van der Waals surface area contributed by atoms with Crippen LogP contribution in [0.4, 0.5) is 0 Å². The SMILES string of the molecule is COC(=O)c1ccc(S(=O)(=O)N[C@@H](c2cccs2)C2CC2)cc1. The number of carbonyl (C=O) groups is 1. The number of benzene rings is 1. The second kappa shape index (κ2) is 6.43. The van der Waals surface area contributed by atoms with Gasteiger partial charge in [0.2, 0.25) is 10.0 Å². The zero-order valence-corrected chi connectivity index (χ0v) is 14.2. The summed E-state index contributed by atoms with van der Waals surface area (Å²) >= 11 is 1.56. The highest BCUT2D eigenvalue weighted by atomic mass is 32.2. The van der Waals surface area contributed by atoms with Gasteiger partial charge in [-0.3, -0.25) is 0 Å². The molecule has 0 amide bonds. The number of esters is 1. The van der Waals surface area contributed by atoms with Crippen LogP contribution in [0.5, 0.6) is 0 Å². The second-order valence-corrected chi connectivity index (χ2v) is 8.16. The van der Waals surface area contributed by atoms with Crippen LogP contribution in [0.1, 0.15) is 34.1 Å². The van der Waals surface area contributed by atoms with Crippen molar-refractivity contribution in [1.29, 1.82) is 0 Å². The van der Waals surface area contributed by atoms with Crippen molar-refractivity contribution in [3.63, 3.8) is 0 Å². The Labute approximate surface area is 139 Å². The molecule has 1 atom stereocenters. The molecule has 0 spiro atoms. The van der Waals surface area contributed by atoms with Gasteiger partial charge in [0.15, 0.2) is 0 Å². The summed E-state index contributed by atoms with van der Waals surface area (Å²) in [7, 11) is -2.35. The summed E-state index contributed by atoms with van der Waals surface area (Å²) in [5.74, 6) is -0.130. The predicted molar refractivity (Wildman–Crippen MR) is 87.9 cm³/mol. The Morgan fingerprint density at radius 1 is 1.26 bits per heavy atom. The number of ether oxygens (including phenoxy) is 1. The van der Waals surface area contributed by atoms with Crippen molar-refractivity contribution >= 4 is 27.3 Å². The van der Waals surface area contributed by atoms with Crippen LogP contribution in [-0.4, -0.2) is 21.5 Å². The molecule has 0 radical (unpaired) electrons. The van der Waals surface area contributed by atoms with E-state index in [2.05, 4.69) is 9.46 Å². The normalized spacial score (nSPS) is 16.0. The molecule has 5 nitrogen and oxygen atoms in total. The number of hydrogen-bond acceptors (Lipinski definition) is 5. The molecule has 1 aromatic carbocycles. The Morgan fingerprint density at radius 2 is 1.96 bits per heavy atom. The number of nitrogens with one attached hydrogen (secondary N) is 1. The fourth-order valence-corrected chi connectivity index (χ4v) is 4.64. The highest BCUT2D eigenvalue weighted by Gasteiger charge is 2.36. The van der Waals surface area contributed by atoms with Crippen LogP contribution in [-0.2, 0) is 14.8 Å². The van der Waals surface area contributed by atoms with Gasteiger partial charge in [0.05, 0.1) is 23.6 Å². The third-order valence-electron chi connectivity index (χ3n) is 3.81. The summed E-state index contributed by atoms with van der Waals surface area (Å²) in [5, 5.41) is 1.95. The Balaban J connectivity index is 1.82. The van der Waals surface area contributed by atoms with Crippen LogP contribution in [0, 0.1) is 5.92 Å². The lowest BCUT2D eigenvalue weighted by Gasteiger charge is -2.17. The molecule has 0 unspecified atom stereocenters. The fourth-order valence-electron chi connectivity index (χ4n) is 2.41. The van der Waals surface area contributed by atoms with E-state index in [4.69, 9.17) is 0 Å². The number of carbonyl (C=O) groups excluding carboxylic acids is 1. The molecular formula is C16H17NO4S2. The van der Waals surface area contributed by atoms with Gasteiger partial charge in [-0.1, -0.05) is 6.07 Å². The van der Waals surface area contributed by atoms with Crippen LogP contribution in [0.15, 0.2) is 46.7 Å². The maximum Gasteiger partial charge on any atom is 0.337 e. The molecule has 7 heteroatoms. The molecule has 1 aliphatic carbocycles.